The van der Waals surface area contributed by atoms with Crippen molar-refractivity contribution in [1.82, 2.24) is 5.32 Å². The highest BCUT2D eigenvalue weighted by Gasteiger charge is 2.42. The van der Waals surface area contributed by atoms with E-state index in [0.29, 0.717) is 19.4 Å². The summed E-state index contributed by atoms with van der Waals surface area (Å²) in [5, 5.41) is 2.71. The molecule has 0 aromatic rings. The molecule has 100 valence electrons. The minimum Gasteiger partial charge on any atom is -0.352 e. The minimum atomic E-state index is -4.12. The smallest absolute Gasteiger partial charge is 0.352 e. The summed E-state index contributed by atoms with van der Waals surface area (Å²) < 4.78 is 37.3. The van der Waals surface area contributed by atoms with Gasteiger partial charge in [0.2, 0.25) is 5.91 Å². The summed E-state index contributed by atoms with van der Waals surface area (Å²) in [6, 6.07) is -0.122. The predicted molar refractivity (Wildman–Crippen MR) is 58.2 cm³/mol. The summed E-state index contributed by atoms with van der Waals surface area (Å²) in [5.74, 6) is -1.69. The van der Waals surface area contributed by atoms with Crippen molar-refractivity contribution in [3.8, 4) is 0 Å². The highest BCUT2D eigenvalue weighted by molar-refractivity contribution is 5.79. The fourth-order valence-corrected chi connectivity index (χ4v) is 2.10. The second kappa shape index (κ2) is 5.71. The second-order valence-electron chi connectivity index (χ2n) is 4.74. The summed E-state index contributed by atoms with van der Waals surface area (Å²) in [6.45, 7) is 2.11. The van der Waals surface area contributed by atoms with Crippen molar-refractivity contribution in [2.24, 2.45) is 17.6 Å². The molecule has 0 aliphatic heterocycles. The van der Waals surface area contributed by atoms with Gasteiger partial charge in [0, 0.05) is 18.5 Å². The van der Waals surface area contributed by atoms with Crippen LogP contribution in [0.15, 0.2) is 0 Å². The van der Waals surface area contributed by atoms with E-state index < -0.39 is 12.1 Å². The van der Waals surface area contributed by atoms with Gasteiger partial charge in [-0.25, -0.2) is 0 Å². The fraction of sp³-hybridized carbons (Fsp3) is 0.909. The molecule has 0 radical (unpaired) electrons. The molecule has 0 aromatic heterocycles. The van der Waals surface area contributed by atoms with Gasteiger partial charge >= 0.3 is 6.18 Å². The van der Waals surface area contributed by atoms with Gasteiger partial charge in [-0.3, -0.25) is 4.79 Å². The average Bonchev–Trinajstić information content (AvgIpc) is 2.27. The largest absolute Gasteiger partial charge is 0.391 e. The van der Waals surface area contributed by atoms with Gasteiger partial charge in [0.1, 0.15) is 0 Å². The van der Waals surface area contributed by atoms with Crippen molar-refractivity contribution in [3.05, 3.63) is 0 Å². The number of carbonyl (C=O) groups excluding carboxylic acids is 1. The maximum atomic E-state index is 12.4. The Kier molecular flexibility index (Phi) is 4.80. The lowest BCUT2D eigenvalue weighted by atomic mass is 9.81. The van der Waals surface area contributed by atoms with Crippen LogP contribution in [-0.2, 0) is 4.79 Å². The van der Waals surface area contributed by atoms with Crippen LogP contribution < -0.4 is 11.1 Å². The van der Waals surface area contributed by atoms with Crippen LogP contribution in [0, 0.1) is 11.8 Å². The van der Waals surface area contributed by atoms with Gasteiger partial charge in [0.25, 0.3) is 0 Å². The zero-order valence-electron chi connectivity index (χ0n) is 9.89. The molecular formula is C11H19F3N2O. The minimum absolute atomic E-state index is 0.0542. The topological polar surface area (TPSA) is 55.1 Å². The molecule has 1 fully saturated rings. The maximum Gasteiger partial charge on any atom is 0.391 e. The quantitative estimate of drug-likeness (QED) is 0.805. The van der Waals surface area contributed by atoms with Gasteiger partial charge in [-0.05, 0) is 32.6 Å². The van der Waals surface area contributed by atoms with Gasteiger partial charge in [0.15, 0.2) is 0 Å². The van der Waals surface area contributed by atoms with Crippen molar-refractivity contribution in [2.45, 2.75) is 44.8 Å². The van der Waals surface area contributed by atoms with Gasteiger partial charge in [-0.2, -0.15) is 13.2 Å². The first-order valence-electron chi connectivity index (χ1n) is 5.91. The van der Waals surface area contributed by atoms with E-state index in [0.717, 1.165) is 0 Å². The summed E-state index contributed by atoms with van der Waals surface area (Å²) in [5.41, 5.74) is 5.37. The predicted octanol–water partition coefficient (Wildman–Crippen LogP) is 1.82. The van der Waals surface area contributed by atoms with Gasteiger partial charge < -0.3 is 11.1 Å². The van der Waals surface area contributed by atoms with Crippen molar-refractivity contribution >= 4 is 5.91 Å². The Morgan fingerprint density at radius 1 is 1.35 bits per heavy atom. The van der Waals surface area contributed by atoms with Crippen LogP contribution in [0.25, 0.3) is 0 Å². The van der Waals surface area contributed by atoms with E-state index in [1.54, 1.807) is 6.92 Å². The molecule has 3 nitrogen and oxygen atoms in total. The molecule has 1 aliphatic rings. The molecule has 1 atom stereocenters. The molecule has 3 N–H and O–H groups in total. The molecule has 6 heteroatoms. The highest BCUT2D eigenvalue weighted by Crippen LogP contribution is 2.39. The number of hydrogen-bond donors (Lipinski definition) is 2. The van der Waals surface area contributed by atoms with Gasteiger partial charge in [-0.15, -0.1) is 0 Å². The first-order valence-corrected chi connectivity index (χ1v) is 5.91. The highest BCUT2D eigenvalue weighted by atomic mass is 19.4. The Labute approximate surface area is 98.9 Å². The van der Waals surface area contributed by atoms with E-state index in [2.05, 4.69) is 5.32 Å². The van der Waals surface area contributed by atoms with E-state index in [9.17, 15) is 18.0 Å². The van der Waals surface area contributed by atoms with Crippen molar-refractivity contribution < 1.29 is 18.0 Å². The first kappa shape index (κ1) is 14.3. The molecular weight excluding hydrogens is 233 g/mol. The molecule has 0 aromatic carbocycles. The third-order valence-electron chi connectivity index (χ3n) is 3.30. The molecule has 1 amide bonds. The van der Waals surface area contributed by atoms with Crippen LogP contribution >= 0.6 is 0 Å². The number of nitrogens with one attached hydrogen (secondary N) is 1. The Balaban J connectivity index is 2.39. The molecule has 1 rings (SSSR count). The van der Waals surface area contributed by atoms with Crippen LogP contribution in [0.2, 0.25) is 0 Å². The normalized spacial score (nSPS) is 27.6. The van der Waals surface area contributed by atoms with Crippen molar-refractivity contribution in [3.63, 3.8) is 0 Å². The van der Waals surface area contributed by atoms with E-state index in [1.807, 2.05) is 0 Å². The van der Waals surface area contributed by atoms with E-state index >= 15 is 0 Å². The molecule has 1 saturated carbocycles. The van der Waals surface area contributed by atoms with E-state index in [-0.39, 0.29) is 30.7 Å². The number of alkyl halides is 3. The van der Waals surface area contributed by atoms with Crippen LogP contribution in [0.1, 0.15) is 32.6 Å². The average molecular weight is 252 g/mol. The van der Waals surface area contributed by atoms with Crippen LogP contribution in [0.3, 0.4) is 0 Å². The van der Waals surface area contributed by atoms with Crippen molar-refractivity contribution in [2.75, 3.05) is 6.54 Å². The van der Waals surface area contributed by atoms with Gasteiger partial charge in [-0.1, -0.05) is 0 Å². The number of amides is 1. The van der Waals surface area contributed by atoms with Crippen molar-refractivity contribution in [1.29, 1.82) is 0 Å². The third-order valence-corrected chi connectivity index (χ3v) is 3.30. The summed E-state index contributed by atoms with van der Waals surface area (Å²) in [4.78, 5) is 11.7. The maximum absolute atomic E-state index is 12.4. The Morgan fingerprint density at radius 3 is 2.29 bits per heavy atom. The first-order chi connectivity index (χ1) is 7.84. The molecule has 0 heterocycles. The zero-order valence-corrected chi connectivity index (χ0v) is 9.89. The van der Waals surface area contributed by atoms with Crippen LogP contribution in [0.5, 0.6) is 0 Å². The molecule has 0 spiro atoms. The second-order valence-corrected chi connectivity index (χ2v) is 4.74. The molecule has 17 heavy (non-hydrogen) atoms. The number of hydrogen-bond acceptors (Lipinski definition) is 2. The number of halogens is 3. The van der Waals surface area contributed by atoms with Gasteiger partial charge in [0.05, 0.1) is 5.92 Å². The van der Waals surface area contributed by atoms with Crippen LogP contribution in [0.4, 0.5) is 13.2 Å². The zero-order chi connectivity index (χ0) is 13.1. The molecule has 0 saturated heterocycles. The lowest BCUT2D eigenvalue weighted by molar-refractivity contribution is -0.184. The van der Waals surface area contributed by atoms with E-state index in [1.165, 1.54) is 0 Å². The Bertz CT molecular complexity index is 260. The van der Waals surface area contributed by atoms with E-state index in [4.69, 9.17) is 5.73 Å². The standard InChI is InChI=1S/C11H19F3N2O/c1-7(6-15)16-10(17)8-2-4-9(5-3-8)11(12,13)14/h7-9H,2-6,15H2,1H3,(H,16,17)/t7-,8?,9?/m1/s1. The number of nitrogens with two attached hydrogens (primary N) is 1. The monoisotopic (exact) mass is 252 g/mol. The molecule has 0 bridgehead atoms. The lowest BCUT2D eigenvalue weighted by Gasteiger charge is -2.29. The third kappa shape index (κ3) is 4.18. The van der Waals surface area contributed by atoms with Crippen LogP contribution in [-0.4, -0.2) is 24.7 Å². The number of rotatable bonds is 3. The SMILES string of the molecule is C[C@H](CN)NC(=O)C1CCC(C(F)(F)F)CC1. The Morgan fingerprint density at radius 2 is 1.88 bits per heavy atom. The molecule has 1 aliphatic carbocycles. The number of carbonyl (C=O) groups is 1. The summed E-state index contributed by atoms with van der Waals surface area (Å²) >= 11 is 0. The lowest BCUT2D eigenvalue weighted by Crippen LogP contribution is -2.42. The summed E-state index contributed by atoms with van der Waals surface area (Å²) in [6.07, 6.45) is -3.39. The fourth-order valence-electron chi connectivity index (χ4n) is 2.10. The Hall–Kier alpha value is -0.780. The molecule has 0 unspecified atom stereocenters. The summed E-state index contributed by atoms with van der Waals surface area (Å²) in [7, 11) is 0.